The molecule has 1 aliphatic rings. The third kappa shape index (κ3) is 3.28. The van der Waals surface area contributed by atoms with Crippen molar-refractivity contribution in [1.82, 2.24) is 10.2 Å². The average Bonchev–Trinajstić information content (AvgIpc) is 2.45. The smallest absolute Gasteiger partial charge is 0.118 e. The zero-order valence-electron chi connectivity index (χ0n) is 12.5. The number of rotatable bonds is 4. The molecule has 0 spiro atoms. The monoisotopic (exact) mass is 262 g/mol. The zero-order chi connectivity index (χ0) is 13.8. The maximum Gasteiger partial charge on any atom is 0.118 e. The van der Waals surface area contributed by atoms with E-state index in [2.05, 4.69) is 43.2 Å². The van der Waals surface area contributed by atoms with Crippen LogP contribution in [0.1, 0.15) is 25.8 Å². The SMILES string of the molecule is CNC1CCN(Cc2ccc(OC)cc2)C(C)C1C. The van der Waals surface area contributed by atoms with Crippen LogP contribution in [0.25, 0.3) is 0 Å². The second kappa shape index (κ2) is 6.40. The summed E-state index contributed by atoms with van der Waals surface area (Å²) >= 11 is 0. The maximum absolute atomic E-state index is 5.20. The van der Waals surface area contributed by atoms with E-state index in [1.54, 1.807) is 7.11 Å². The van der Waals surface area contributed by atoms with Gasteiger partial charge >= 0.3 is 0 Å². The highest BCUT2D eigenvalue weighted by atomic mass is 16.5. The summed E-state index contributed by atoms with van der Waals surface area (Å²) in [5, 5.41) is 3.44. The molecule has 3 atom stereocenters. The highest BCUT2D eigenvalue weighted by Gasteiger charge is 2.31. The Kier molecular flexibility index (Phi) is 4.83. The highest BCUT2D eigenvalue weighted by molar-refractivity contribution is 5.27. The van der Waals surface area contributed by atoms with Gasteiger partial charge in [0, 0.05) is 25.2 Å². The average molecular weight is 262 g/mol. The summed E-state index contributed by atoms with van der Waals surface area (Å²) in [6.07, 6.45) is 1.23. The Balaban J connectivity index is 1.98. The quantitative estimate of drug-likeness (QED) is 0.902. The lowest BCUT2D eigenvalue weighted by molar-refractivity contribution is 0.0811. The minimum absolute atomic E-state index is 0.619. The molecule has 2 rings (SSSR count). The van der Waals surface area contributed by atoms with Crippen LogP contribution in [-0.2, 0) is 6.54 Å². The van der Waals surface area contributed by atoms with E-state index in [1.165, 1.54) is 18.5 Å². The molecular weight excluding hydrogens is 236 g/mol. The minimum Gasteiger partial charge on any atom is -0.497 e. The molecule has 1 aliphatic heterocycles. The molecule has 3 heteroatoms. The van der Waals surface area contributed by atoms with Gasteiger partial charge in [0.05, 0.1) is 7.11 Å². The molecule has 0 aromatic heterocycles. The van der Waals surface area contributed by atoms with Crippen molar-refractivity contribution < 1.29 is 4.74 Å². The lowest BCUT2D eigenvalue weighted by Gasteiger charge is -2.42. The summed E-state index contributed by atoms with van der Waals surface area (Å²) in [6, 6.07) is 9.70. The number of piperidine rings is 1. The van der Waals surface area contributed by atoms with Crippen LogP contribution in [0.3, 0.4) is 0 Å². The molecule has 0 amide bonds. The molecule has 0 radical (unpaired) electrons. The number of nitrogens with zero attached hydrogens (tertiary/aromatic N) is 1. The van der Waals surface area contributed by atoms with E-state index in [0.29, 0.717) is 18.0 Å². The molecule has 0 saturated carbocycles. The van der Waals surface area contributed by atoms with E-state index in [0.717, 1.165) is 12.3 Å². The van der Waals surface area contributed by atoms with Crippen LogP contribution >= 0.6 is 0 Å². The van der Waals surface area contributed by atoms with Crippen molar-refractivity contribution in [3.05, 3.63) is 29.8 Å². The van der Waals surface area contributed by atoms with E-state index < -0.39 is 0 Å². The van der Waals surface area contributed by atoms with E-state index in [1.807, 2.05) is 12.1 Å². The first-order chi connectivity index (χ1) is 9.15. The van der Waals surface area contributed by atoms with E-state index >= 15 is 0 Å². The van der Waals surface area contributed by atoms with Gasteiger partial charge in [0.1, 0.15) is 5.75 Å². The van der Waals surface area contributed by atoms with Crippen LogP contribution in [0.5, 0.6) is 5.75 Å². The number of nitrogens with one attached hydrogen (secondary N) is 1. The van der Waals surface area contributed by atoms with Gasteiger partial charge in [-0.15, -0.1) is 0 Å². The maximum atomic E-state index is 5.20. The second-order valence-electron chi connectivity index (χ2n) is 5.60. The predicted molar refractivity (Wildman–Crippen MR) is 79.5 cm³/mol. The Bertz CT molecular complexity index is 390. The first kappa shape index (κ1) is 14.4. The minimum atomic E-state index is 0.619. The van der Waals surface area contributed by atoms with E-state index in [4.69, 9.17) is 4.74 Å². The van der Waals surface area contributed by atoms with Crippen LogP contribution < -0.4 is 10.1 Å². The van der Waals surface area contributed by atoms with Crippen molar-refractivity contribution in [2.45, 2.75) is 38.9 Å². The lowest BCUT2D eigenvalue weighted by Crippen LogP contribution is -2.52. The number of hydrogen-bond acceptors (Lipinski definition) is 3. The van der Waals surface area contributed by atoms with Gasteiger partial charge < -0.3 is 10.1 Å². The molecule has 3 unspecified atom stereocenters. The largest absolute Gasteiger partial charge is 0.497 e. The molecule has 1 aromatic rings. The third-order valence-corrected chi connectivity index (χ3v) is 4.61. The molecule has 3 nitrogen and oxygen atoms in total. The molecular formula is C16H26N2O. The van der Waals surface area contributed by atoms with Crippen LogP contribution in [0.2, 0.25) is 0 Å². The Morgan fingerprint density at radius 1 is 1.26 bits per heavy atom. The Morgan fingerprint density at radius 3 is 2.53 bits per heavy atom. The van der Waals surface area contributed by atoms with Gasteiger partial charge in [-0.3, -0.25) is 4.90 Å². The summed E-state index contributed by atoms with van der Waals surface area (Å²) in [4.78, 5) is 2.58. The number of benzene rings is 1. The molecule has 1 fully saturated rings. The van der Waals surface area contributed by atoms with Gasteiger partial charge in [0.15, 0.2) is 0 Å². The number of hydrogen-bond donors (Lipinski definition) is 1. The number of methoxy groups -OCH3 is 1. The van der Waals surface area contributed by atoms with Gasteiger partial charge in [-0.05, 0) is 44.0 Å². The van der Waals surface area contributed by atoms with Gasteiger partial charge in [0.25, 0.3) is 0 Å². The fourth-order valence-electron chi connectivity index (χ4n) is 3.04. The number of ether oxygens (including phenoxy) is 1. The Morgan fingerprint density at radius 2 is 1.95 bits per heavy atom. The Labute approximate surface area is 116 Å². The summed E-state index contributed by atoms with van der Waals surface area (Å²) < 4.78 is 5.20. The second-order valence-corrected chi connectivity index (χ2v) is 5.60. The standard InChI is InChI=1S/C16H26N2O/c1-12-13(2)18(10-9-16(12)17-3)11-14-5-7-15(19-4)8-6-14/h5-8,12-13,16-17H,9-11H2,1-4H3. The van der Waals surface area contributed by atoms with Crippen molar-refractivity contribution in [3.8, 4) is 5.75 Å². The molecule has 1 heterocycles. The van der Waals surface area contributed by atoms with E-state index in [9.17, 15) is 0 Å². The lowest BCUT2D eigenvalue weighted by atomic mass is 9.87. The van der Waals surface area contributed by atoms with Gasteiger partial charge in [-0.25, -0.2) is 0 Å². The molecule has 106 valence electrons. The van der Waals surface area contributed by atoms with Crippen molar-refractivity contribution in [2.75, 3.05) is 20.7 Å². The van der Waals surface area contributed by atoms with Crippen molar-refractivity contribution >= 4 is 0 Å². The fourth-order valence-corrected chi connectivity index (χ4v) is 3.04. The molecule has 0 bridgehead atoms. The molecule has 0 aliphatic carbocycles. The molecule has 19 heavy (non-hydrogen) atoms. The first-order valence-electron chi connectivity index (χ1n) is 7.20. The molecule has 1 N–H and O–H groups in total. The van der Waals surface area contributed by atoms with Crippen LogP contribution in [0, 0.1) is 5.92 Å². The van der Waals surface area contributed by atoms with Crippen LogP contribution in [-0.4, -0.2) is 37.7 Å². The van der Waals surface area contributed by atoms with Crippen LogP contribution in [0.15, 0.2) is 24.3 Å². The molecule has 1 aromatic carbocycles. The normalized spacial score (nSPS) is 28.3. The van der Waals surface area contributed by atoms with Gasteiger partial charge in [-0.2, -0.15) is 0 Å². The number of likely N-dealkylation sites (tertiary alicyclic amines) is 1. The van der Waals surface area contributed by atoms with Gasteiger partial charge in [0.2, 0.25) is 0 Å². The molecule has 1 saturated heterocycles. The van der Waals surface area contributed by atoms with Gasteiger partial charge in [-0.1, -0.05) is 19.1 Å². The fraction of sp³-hybridized carbons (Fsp3) is 0.625. The summed E-state index contributed by atoms with van der Waals surface area (Å²) in [6.45, 7) is 6.90. The topological polar surface area (TPSA) is 24.5 Å². The van der Waals surface area contributed by atoms with Crippen molar-refractivity contribution in [3.63, 3.8) is 0 Å². The first-order valence-corrected chi connectivity index (χ1v) is 7.20. The van der Waals surface area contributed by atoms with E-state index in [-0.39, 0.29) is 0 Å². The summed E-state index contributed by atoms with van der Waals surface area (Å²) in [5.41, 5.74) is 1.36. The summed E-state index contributed by atoms with van der Waals surface area (Å²) in [5.74, 6) is 1.62. The van der Waals surface area contributed by atoms with Crippen molar-refractivity contribution in [1.29, 1.82) is 0 Å². The van der Waals surface area contributed by atoms with Crippen molar-refractivity contribution in [2.24, 2.45) is 5.92 Å². The summed E-state index contributed by atoms with van der Waals surface area (Å²) in [7, 11) is 3.79. The predicted octanol–water partition coefficient (Wildman–Crippen LogP) is 2.51. The highest BCUT2D eigenvalue weighted by Crippen LogP contribution is 2.25. The third-order valence-electron chi connectivity index (χ3n) is 4.61. The Hall–Kier alpha value is -1.06. The zero-order valence-corrected chi connectivity index (χ0v) is 12.5. The van der Waals surface area contributed by atoms with Crippen LogP contribution in [0.4, 0.5) is 0 Å².